The lowest BCUT2D eigenvalue weighted by atomic mass is 9.99. The monoisotopic (exact) mass is 597 g/mol. The Bertz CT molecular complexity index is 1530. The van der Waals surface area contributed by atoms with Gasteiger partial charge in [0.25, 0.3) is 0 Å². The summed E-state index contributed by atoms with van der Waals surface area (Å²) in [6.45, 7) is 9.08. The average molecular weight is 598 g/mol. The molecule has 0 aliphatic carbocycles. The molecule has 0 aliphatic heterocycles. The fraction of sp³-hybridized carbons (Fsp3) is 0.487. The summed E-state index contributed by atoms with van der Waals surface area (Å²) in [5, 5.41) is 2.83. The van der Waals surface area contributed by atoms with Crippen LogP contribution >= 0.6 is 22.7 Å². The van der Waals surface area contributed by atoms with Crippen LogP contribution in [0.1, 0.15) is 120 Å². The van der Waals surface area contributed by atoms with Crippen molar-refractivity contribution in [3.05, 3.63) is 71.1 Å². The highest BCUT2D eigenvalue weighted by Crippen LogP contribution is 2.41. The molecule has 42 heavy (non-hydrogen) atoms. The third-order valence-electron chi connectivity index (χ3n) is 8.98. The zero-order valence-corrected chi connectivity index (χ0v) is 28.1. The standard InChI is InChI=1S/C39H51NS2/c1-5-7-9-11-13-15-17-32(18-16-14-12-10-8-6-2)40-35-27-29(3)19-22-33(35)34-23-21-31(28-36(34)40)37-25-26-39(42-37)38-24-20-30(4)41-38/h19-28,32H,5-18H2,1-4H3. The maximum atomic E-state index is 2.77. The van der Waals surface area contributed by atoms with Crippen LogP contribution in [0.4, 0.5) is 0 Å². The number of aryl methyl sites for hydroxylation is 2. The second-order valence-corrected chi connectivity index (χ2v) is 14.8. The zero-order valence-electron chi connectivity index (χ0n) is 26.5. The quantitative estimate of drug-likeness (QED) is 0.0940. The third-order valence-corrected chi connectivity index (χ3v) is 11.3. The number of hydrogen-bond acceptors (Lipinski definition) is 2. The Hall–Kier alpha value is -2.36. The lowest BCUT2D eigenvalue weighted by Gasteiger charge is -2.22. The van der Waals surface area contributed by atoms with Crippen molar-refractivity contribution >= 4 is 44.5 Å². The van der Waals surface area contributed by atoms with Gasteiger partial charge >= 0.3 is 0 Å². The van der Waals surface area contributed by atoms with E-state index in [0.717, 1.165) is 0 Å². The maximum absolute atomic E-state index is 2.77. The molecule has 5 aromatic rings. The molecule has 224 valence electrons. The molecule has 3 aromatic heterocycles. The predicted octanol–water partition coefficient (Wildman–Crippen LogP) is 13.9. The number of nitrogens with zero attached hydrogens (tertiary/aromatic N) is 1. The lowest BCUT2D eigenvalue weighted by Crippen LogP contribution is -2.09. The summed E-state index contributed by atoms with van der Waals surface area (Å²) >= 11 is 3.83. The second-order valence-electron chi connectivity index (χ2n) is 12.5. The molecule has 0 aliphatic rings. The van der Waals surface area contributed by atoms with Crippen LogP contribution in [0.15, 0.2) is 60.7 Å². The topological polar surface area (TPSA) is 4.93 Å². The molecular weight excluding hydrogens is 547 g/mol. The van der Waals surface area contributed by atoms with Crippen molar-refractivity contribution in [3.63, 3.8) is 0 Å². The van der Waals surface area contributed by atoms with E-state index in [1.807, 2.05) is 22.7 Å². The first-order valence-corrected chi connectivity index (χ1v) is 18.4. The van der Waals surface area contributed by atoms with Crippen LogP contribution in [0.2, 0.25) is 0 Å². The van der Waals surface area contributed by atoms with Crippen molar-refractivity contribution in [2.24, 2.45) is 0 Å². The van der Waals surface area contributed by atoms with E-state index < -0.39 is 0 Å². The molecule has 2 aromatic carbocycles. The second kappa shape index (κ2) is 15.4. The van der Waals surface area contributed by atoms with Crippen LogP contribution < -0.4 is 0 Å². The van der Waals surface area contributed by atoms with E-state index in [0.29, 0.717) is 6.04 Å². The molecule has 0 radical (unpaired) electrons. The van der Waals surface area contributed by atoms with E-state index in [1.165, 1.54) is 142 Å². The summed E-state index contributed by atoms with van der Waals surface area (Å²) in [4.78, 5) is 5.51. The van der Waals surface area contributed by atoms with Crippen LogP contribution in [0.25, 0.3) is 42.0 Å². The lowest BCUT2D eigenvalue weighted by molar-refractivity contribution is 0.410. The summed E-state index contributed by atoms with van der Waals surface area (Å²) < 4.78 is 2.77. The van der Waals surface area contributed by atoms with Gasteiger partial charge in [-0.15, -0.1) is 22.7 Å². The molecule has 3 heteroatoms. The first kappa shape index (κ1) is 31.1. The van der Waals surface area contributed by atoms with Gasteiger partial charge in [-0.2, -0.15) is 0 Å². The zero-order chi connectivity index (χ0) is 29.3. The van der Waals surface area contributed by atoms with Crippen LogP contribution in [0.3, 0.4) is 0 Å². The average Bonchev–Trinajstić information content (AvgIpc) is 3.72. The summed E-state index contributed by atoms with van der Waals surface area (Å²) in [5.74, 6) is 0. The number of unbranched alkanes of at least 4 members (excludes halogenated alkanes) is 10. The highest BCUT2D eigenvalue weighted by molar-refractivity contribution is 7.23. The minimum absolute atomic E-state index is 0.562. The van der Waals surface area contributed by atoms with E-state index in [9.17, 15) is 0 Å². The first-order valence-electron chi connectivity index (χ1n) is 16.8. The Morgan fingerprint density at radius 3 is 1.74 bits per heavy atom. The van der Waals surface area contributed by atoms with E-state index in [2.05, 4.69) is 92.9 Å². The van der Waals surface area contributed by atoms with Crippen molar-refractivity contribution in [2.45, 2.75) is 124 Å². The first-order chi connectivity index (χ1) is 20.6. The number of benzene rings is 2. The van der Waals surface area contributed by atoms with E-state index in [1.54, 1.807) is 0 Å². The van der Waals surface area contributed by atoms with Crippen LogP contribution in [0.5, 0.6) is 0 Å². The molecule has 0 saturated carbocycles. The van der Waals surface area contributed by atoms with Gasteiger partial charge < -0.3 is 4.57 Å². The molecule has 0 fully saturated rings. The van der Waals surface area contributed by atoms with Crippen LogP contribution in [0, 0.1) is 13.8 Å². The molecule has 0 unspecified atom stereocenters. The van der Waals surface area contributed by atoms with E-state index in [4.69, 9.17) is 0 Å². The van der Waals surface area contributed by atoms with Gasteiger partial charge in [0, 0.05) is 41.8 Å². The van der Waals surface area contributed by atoms with Gasteiger partial charge in [0.2, 0.25) is 0 Å². The van der Waals surface area contributed by atoms with E-state index in [-0.39, 0.29) is 0 Å². The largest absolute Gasteiger partial charge is 0.337 e. The molecule has 0 spiro atoms. The van der Waals surface area contributed by atoms with Crippen molar-refractivity contribution in [3.8, 4) is 20.2 Å². The Morgan fingerprint density at radius 1 is 0.548 bits per heavy atom. The molecule has 3 heterocycles. The Kier molecular flexibility index (Phi) is 11.4. The molecule has 0 N–H and O–H groups in total. The van der Waals surface area contributed by atoms with Crippen molar-refractivity contribution in [2.75, 3.05) is 0 Å². The number of thiophene rings is 2. The number of hydrogen-bond donors (Lipinski definition) is 0. The van der Waals surface area contributed by atoms with Gasteiger partial charge in [-0.25, -0.2) is 0 Å². The fourth-order valence-electron chi connectivity index (χ4n) is 6.62. The Morgan fingerprint density at radius 2 is 1.10 bits per heavy atom. The highest BCUT2D eigenvalue weighted by atomic mass is 32.1. The van der Waals surface area contributed by atoms with E-state index >= 15 is 0 Å². The number of fused-ring (bicyclic) bond motifs is 3. The summed E-state index contributed by atoms with van der Waals surface area (Å²) in [6.07, 6.45) is 19.0. The Balaban J connectivity index is 1.48. The molecule has 0 saturated heterocycles. The summed E-state index contributed by atoms with van der Waals surface area (Å²) in [7, 11) is 0. The Labute approximate surface area is 263 Å². The van der Waals surface area contributed by atoms with Crippen molar-refractivity contribution in [1.29, 1.82) is 0 Å². The van der Waals surface area contributed by atoms with Gasteiger partial charge in [0.15, 0.2) is 0 Å². The number of aromatic nitrogens is 1. The normalized spacial score (nSPS) is 11.9. The minimum Gasteiger partial charge on any atom is -0.337 e. The molecule has 0 atom stereocenters. The van der Waals surface area contributed by atoms with Crippen LogP contribution in [-0.4, -0.2) is 4.57 Å². The minimum atomic E-state index is 0.562. The number of rotatable bonds is 17. The van der Waals surface area contributed by atoms with Crippen molar-refractivity contribution in [1.82, 2.24) is 4.57 Å². The van der Waals surface area contributed by atoms with Crippen molar-refractivity contribution < 1.29 is 0 Å². The van der Waals surface area contributed by atoms with Gasteiger partial charge in [-0.1, -0.05) is 115 Å². The fourth-order valence-corrected chi connectivity index (χ4v) is 8.58. The van der Waals surface area contributed by atoms with Gasteiger partial charge in [-0.05, 0) is 74.2 Å². The third kappa shape index (κ3) is 7.58. The molecule has 0 amide bonds. The maximum Gasteiger partial charge on any atom is 0.0500 e. The molecule has 5 rings (SSSR count). The van der Waals surface area contributed by atoms with Crippen LogP contribution in [-0.2, 0) is 0 Å². The predicted molar refractivity (Wildman–Crippen MR) is 191 cm³/mol. The van der Waals surface area contributed by atoms with Gasteiger partial charge in [0.05, 0.1) is 5.52 Å². The summed E-state index contributed by atoms with van der Waals surface area (Å²) in [5.41, 5.74) is 5.58. The molecule has 0 bridgehead atoms. The molecular formula is C39H51NS2. The smallest absolute Gasteiger partial charge is 0.0500 e. The summed E-state index contributed by atoms with van der Waals surface area (Å²) in [6, 6.07) is 24.1. The molecule has 1 nitrogen and oxygen atoms in total. The highest BCUT2D eigenvalue weighted by Gasteiger charge is 2.20. The van der Waals surface area contributed by atoms with Gasteiger partial charge in [-0.3, -0.25) is 0 Å². The van der Waals surface area contributed by atoms with Gasteiger partial charge in [0.1, 0.15) is 0 Å². The SMILES string of the molecule is CCCCCCCCC(CCCCCCCC)n1c2cc(C)ccc2c2ccc(-c3ccc(-c4ccc(C)s4)s3)cc21.